The first-order valence-corrected chi connectivity index (χ1v) is 7.31. The lowest BCUT2D eigenvalue weighted by Gasteiger charge is -2.29. The van der Waals surface area contributed by atoms with Crippen LogP contribution in [0.1, 0.15) is 44.1 Å². The molecule has 0 saturated carbocycles. The molecule has 19 heavy (non-hydrogen) atoms. The zero-order valence-electron chi connectivity index (χ0n) is 12.0. The zero-order chi connectivity index (χ0) is 13.7. The molecule has 0 fully saturated rings. The first-order chi connectivity index (χ1) is 9.24. The average molecular weight is 260 g/mol. The SMILES string of the molecule is CCCCCN(C)C(=O)C1CCNc2ccccc21. The molecule has 1 aliphatic heterocycles. The quantitative estimate of drug-likeness (QED) is 0.824. The lowest BCUT2D eigenvalue weighted by molar-refractivity contribution is -0.131. The van der Waals surface area contributed by atoms with Crippen molar-refractivity contribution in [2.24, 2.45) is 0 Å². The summed E-state index contributed by atoms with van der Waals surface area (Å²) < 4.78 is 0. The van der Waals surface area contributed by atoms with Crippen molar-refractivity contribution in [3.63, 3.8) is 0 Å². The summed E-state index contributed by atoms with van der Waals surface area (Å²) in [6, 6.07) is 8.17. The summed E-state index contributed by atoms with van der Waals surface area (Å²) in [5.41, 5.74) is 2.27. The largest absolute Gasteiger partial charge is 0.385 e. The van der Waals surface area contributed by atoms with Gasteiger partial charge in [-0.05, 0) is 24.5 Å². The van der Waals surface area contributed by atoms with Gasteiger partial charge in [0, 0.05) is 25.8 Å². The Bertz CT molecular complexity index is 431. The van der Waals surface area contributed by atoms with E-state index < -0.39 is 0 Å². The van der Waals surface area contributed by atoms with Crippen LogP contribution < -0.4 is 5.32 Å². The minimum absolute atomic E-state index is 0.0316. The highest BCUT2D eigenvalue weighted by atomic mass is 16.2. The number of hydrogen-bond donors (Lipinski definition) is 1. The molecule has 1 unspecified atom stereocenters. The molecule has 1 heterocycles. The van der Waals surface area contributed by atoms with Crippen LogP contribution in [0, 0.1) is 0 Å². The van der Waals surface area contributed by atoms with Crippen LogP contribution in [-0.4, -0.2) is 30.9 Å². The van der Waals surface area contributed by atoms with Crippen LogP contribution in [0.15, 0.2) is 24.3 Å². The fraction of sp³-hybridized carbons (Fsp3) is 0.562. The summed E-state index contributed by atoms with van der Waals surface area (Å²) in [6.45, 7) is 3.94. The van der Waals surface area contributed by atoms with E-state index in [1.54, 1.807) is 0 Å². The van der Waals surface area contributed by atoms with E-state index in [0.717, 1.165) is 37.2 Å². The molecule has 1 aromatic rings. The molecule has 0 aliphatic carbocycles. The fourth-order valence-electron chi connectivity index (χ4n) is 2.70. The normalized spacial score (nSPS) is 17.5. The Morgan fingerprint density at radius 3 is 2.95 bits per heavy atom. The number of fused-ring (bicyclic) bond motifs is 1. The number of unbranched alkanes of at least 4 members (excludes halogenated alkanes) is 2. The van der Waals surface area contributed by atoms with Crippen molar-refractivity contribution in [3.8, 4) is 0 Å². The van der Waals surface area contributed by atoms with E-state index in [9.17, 15) is 4.79 Å². The van der Waals surface area contributed by atoms with Crippen molar-refractivity contribution in [2.75, 3.05) is 25.5 Å². The van der Waals surface area contributed by atoms with E-state index in [4.69, 9.17) is 0 Å². The van der Waals surface area contributed by atoms with Gasteiger partial charge >= 0.3 is 0 Å². The highest BCUT2D eigenvalue weighted by Crippen LogP contribution is 2.32. The Morgan fingerprint density at radius 2 is 2.16 bits per heavy atom. The van der Waals surface area contributed by atoms with Crippen LogP contribution in [0.25, 0.3) is 0 Å². The Labute approximate surface area is 116 Å². The number of benzene rings is 1. The summed E-state index contributed by atoms with van der Waals surface area (Å²) >= 11 is 0. The van der Waals surface area contributed by atoms with E-state index in [1.165, 1.54) is 12.8 Å². The number of carbonyl (C=O) groups is 1. The molecular weight excluding hydrogens is 236 g/mol. The van der Waals surface area contributed by atoms with Crippen LogP contribution in [0.5, 0.6) is 0 Å². The number of likely N-dealkylation sites (N-methyl/N-ethyl adjacent to an activating group) is 1. The first-order valence-electron chi connectivity index (χ1n) is 7.31. The van der Waals surface area contributed by atoms with Crippen molar-refractivity contribution in [1.29, 1.82) is 0 Å². The average Bonchev–Trinajstić information content (AvgIpc) is 2.46. The maximum atomic E-state index is 12.6. The van der Waals surface area contributed by atoms with Crippen LogP contribution >= 0.6 is 0 Å². The third kappa shape index (κ3) is 3.28. The molecule has 3 heteroatoms. The molecule has 0 saturated heterocycles. The number of para-hydroxylation sites is 1. The predicted octanol–water partition coefficient (Wildman–Crippen LogP) is 3.23. The molecule has 1 aliphatic rings. The maximum absolute atomic E-state index is 12.6. The summed E-state index contributed by atoms with van der Waals surface area (Å²) in [6.07, 6.45) is 4.39. The third-order valence-electron chi connectivity index (χ3n) is 3.86. The van der Waals surface area contributed by atoms with Crippen molar-refractivity contribution < 1.29 is 4.79 Å². The second-order valence-corrected chi connectivity index (χ2v) is 5.32. The Balaban J connectivity index is 2.04. The maximum Gasteiger partial charge on any atom is 0.230 e. The molecule has 104 valence electrons. The monoisotopic (exact) mass is 260 g/mol. The molecule has 1 N–H and O–H groups in total. The van der Waals surface area contributed by atoms with Crippen molar-refractivity contribution >= 4 is 11.6 Å². The molecule has 0 radical (unpaired) electrons. The molecule has 0 aromatic heterocycles. The van der Waals surface area contributed by atoms with Gasteiger partial charge in [-0.3, -0.25) is 4.79 Å². The van der Waals surface area contributed by atoms with Crippen LogP contribution in [0.4, 0.5) is 5.69 Å². The highest BCUT2D eigenvalue weighted by Gasteiger charge is 2.28. The predicted molar refractivity (Wildman–Crippen MR) is 79.5 cm³/mol. The van der Waals surface area contributed by atoms with Gasteiger partial charge in [-0.1, -0.05) is 38.0 Å². The zero-order valence-corrected chi connectivity index (χ0v) is 12.0. The number of anilines is 1. The van der Waals surface area contributed by atoms with Crippen LogP contribution in [0.2, 0.25) is 0 Å². The first kappa shape index (κ1) is 13.9. The van der Waals surface area contributed by atoms with E-state index in [1.807, 2.05) is 24.1 Å². The molecule has 0 spiro atoms. The van der Waals surface area contributed by atoms with Crippen LogP contribution in [0.3, 0.4) is 0 Å². The summed E-state index contributed by atoms with van der Waals surface area (Å²) in [7, 11) is 1.93. The van der Waals surface area contributed by atoms with E-state index >= 15 is 0 Å². The molecule has 0 bridgehead atoms. The molecule has 1 atom stereocenters. The second-order valence-electron chi connectivity index (χ2n) is 5.32. The lowest BCUT2D eigenvalue weighted by Crippen LogP contribution is -2.35. The van der Waals surface area contributed by atoms with Crippen molar-refractivity contribution in [2.45, 2.75) is 38.5 Å². The summed E-state index contributed by atoms with van der Waals surface area (Å²) in [4.78, 5) is 14.5. The van der Waals surface area contributed by atoms with Gasteiger partial charge in [-0.15, -0.1) is 0 Å². The standard InChI is InChI=1S/C16H24N2O/c1-3-4-7-12-18(2)16(19)14-10-11-17-15-9-6-5-8-13(14)15/h5-6,8-9,14,17H,3-4,7,10-12H2,1-2H3. The van der Waals surface area contributed by atoms with Gasteiger partial charge in [-0.2, -0.15) is 0 Å². The van der Waals surface area contributed by atoms with E-state index in [0.29, 0.717) is 0 Å². The van der Waals surface area contributed by atoms with Gasteiger partial charge in [0.1, 0.15) is 0 Å². The van der Waals surface area contributed by atoms with Gasteiger partial charge in [0.15, 0.2) is 0 Å². The number of rotatable bonds is 5. The van der Waals surface area contributed by atoms with E-state index in [-0.39, 0.29) is 11.8 Å². The molecular formula is C16H24N2O. The number of carbonyl (C=O) groups excluding carboxylic acids is 1. The minimum atomic E-state index is 0.0316. The Kier molecular flexibility index (Phi) is 4.83. The smallest absolute Gasteiger partial charge is 0.230 e. The Hall–Kier alpha value is -1.51. The fourth-order valence-corrected chi connectivity index (χ4v) is 2.70. The summed E-state index contributed by atoms with van der Waals surface area (Å²) in [5, 5.41) is 3.37. The molecule has 1 aromatic carbocycles. The molecule has 3 nitrogen and oxygen atoms in total. The molecule has 1 amide bonds. The second kappa shape index (κ2) is 6.60. The van der Waals surface area contributed by atoms with Gasteiger partial charge in [-0.25, -0.2) is 0 Å². The van der Waals surface area contributed by atoms with Crippen molar-refractivity contribution in [1.82, 2.24) is 4.90 Å². The minimum Gasteiger partial charge on any atom is -0.385 e. The van der Waals surface area contributed by atoms with E-state index in [2.05, 4.69) is 24.4 Å². The van der Waals surface area contributed by atoms with Gasteiger partial charge in [0.2, 0.25) is 5.91 Å². The van der Waals surface area contributed by atoms with Gasteiger partial charge < -0.3 is 10.2 Å². The van der Waals surface area contributed by atoms with Gasteiger partial charge in [0.25, 0.3) is 0 Å². The number of nitrogens with zero attached hydrogens (tertiary/aromatic N) is 1. The highest BCUT2D eigenvalue weighted by molar-refractivity contribution is 5.86. The number of hydrogen-bond acceptors (Lipinski definition) is 2. The number of amides is 1. The van der Waals surface area contributed by atoms with Crippen LogP contribution in [-0.2, 0) is 4.79 Å². The van der Waals surface area contributed by atoms with Gasteiger partial charge in [0.05, 0.1) is 5.92 Å². The molecule has 2 rings (SSSR count). The van der Waals surface area contributed by atoms with Crippen molar-refractivity contribution in [3.05, 3.63) is 29.8 Å². The Morgan fingerprint density at radius 1 is 1.37 bits per heavy atom. The lowest BCUT2D eigenvalue weighted by atomic mass is 9.90. The third-order valence-corrected chi connectivity index (χ3v) is 3.86. The topological polar surface area (TPSA) is 32.3 Å². The summed E-state index contributed by atoms with van der Waals surface area (Å²) in [5.74, 6) is 0.300. The number of nitrogens with one attached hydrogen (secondary N) is 1.